The Morgan fingerprint density at radius 3 is 2.08 bits per heavy atom. The molecule has 0 saturated carbocycles. The number of rotatable bonds is 5. The highest BCUT2D eigenvalue weighted by Gasteiger charge is 2.49. The van der Waals surface area contributed by atoms with Gasteiger partial charge in [0.1, 0.15) is 5.75 Å². The van der Waals surface area contributed by atoms with Crippen LogP contribution in [-0.2, 0) is 4.79 Å². The lowest BCUT2D eigenvalue weighted by molar-refractivity contribution is -0.384. The zero-order valence-corrected chi connectivity index (χ0v) is 14.4. The minimum atomic E-state index is -0.420. The molecular weight excluding hydrogens is 320 g/mol. The molecule has 2 aromatic carbocycles. The van der Waals surface area contributed by atoms with Gasteiger partial charge in [0.05, 0.1) is 24.0 Å². The molecule has 130 valence electrons. The second-order valence-electron chi connectivity index (χ2n) is 6.38. The van der Waals surface area contributed by atoms with Gasteiger partial charge >= 0.3 is 0 Å². The lowest BCUT2D eigenvalue weighted by atomic mass is 9.77. The number of amides is 1. The zero-order chi connectivity index (χ0) is 18.1. The number of nitro groups is 1. The molecule has 0 aromatic heterocycles. The molecule has 1 aliphatic heterocycles. The van der Waals surface area contributed by atoms with Gasteiger partial charge in [-0.25, -0.2) is 0 Å². The van der Waals surface area contributed by atoms with Gasteiger partial charge in [0.25, 0.3) is 5.69 Å². The second-order valence-corrected chi connectivity index (χ2v) is 6.38. The molecule has 1 fully saturated rings. The molecule has 0 bridgehead atoms. The van der Waals surface area contributed by atoms with E-state index in [1.165, 1.54) is 12.1 Å². The van der Waals surface area contributed by atoms with E-state index in [2.05, 4.69) is 0 Å². The molecule has 0 aliphatic carbocycles. The maximum absolute atomic E-state index is 12.7. The van der Waals surface area contributed by atoms with Crippen molar-refractivity contribution in [1.82, 2.24) is 4.90 Å². The van der Waals surface area contributed by atoms with Crippen LogP contribution in [0, 0.1) is 10.1 Å². The van der Waals surface area contributed by atoms with Crippen LogP contribution in [0.1, 0.15) is 36.9 Å². The molecule has 2 aromatic rings. The Morgan fingerprint density at radius 2 is 1.60 bits per heavy atom. The third kappa shape index (κ3) is 2.95. The molecule has 1 amide bonds. The van der Waals surface area contributed by atoms with Gasteiger partial charge in [0, 0.05) is 18.2 Å². The first kappa shape index (κ1) is 17.0. The molecule has 6 nitrogen and oxygen atoms in total. The number of hydrogen-bond acceptors (Lipinski definition) is 4. The van der Waals surface area contributed by atoms with Crippen LogP contribution in [-0.4, -0.2) is 28.9 Å². The average molecular weight is 340 g/mol. The lowest BCUT2D eigenvalue weighted by Crippen LogP contribution is -2.56. The Hall–Kier alpha value is -2.89. The minimum Gasteiger partial charge on any atom is -0.497 e. The summed E-state index contributed by atoms with van der Waals surface area (Å²) in [4.78, 5) is 25.0. The largest absolute Gasteiger partial charge is 0.497 e. The van der Waals surface area contributed by atoms with Gasteiger partial charge in [0.15, 0.2) is 0 Å². The van der Waals surface area contributed by atoms with Crippen molar-refractivity contribution in [3.05, 3.63) is 69.8 Å². The summed E-state index contributed by atoms with van der Waals surface area (Å²) in [5.41, 5.74) is 1.87. The Labute approximate surface area is 146 Å². The number of non-ortho nitro benzene ring substituents is 1. The predicted molar refractivity (Wildman–Crippen MR) is 93.6 cm³/mol. The maximum atomic E-state index is 12.7. The molecule has 25 heavy (non-hydrogen) atoms. The minimum absolute atomic E-state index is 0.0477. The quantitative estimate of drug-likeness (QED) is 0.473. The van der Waals surface area contributed by atoms with Crippen molar-refractivity contribution < 1.29 is 14.5 Å². The fraction of sp³-hybridized carbons (Fsp3) is 0.316. The van der Waals surface area contributed by atoms with Crippen LogP contribution >= 0.6 is 0 Å². The topological polar surface area (TPSA) is 72.7 Å². The molecule has 6 heteroatoms. The van der Waals surface area contributed by atoms with Gasteiger partial charge in [-0.15, -0.1) is 0 Å². The van der Waals surface area contributed by atoms with E-state index >= 15 is 0 Å². The summed E-state index contributed by atoms with van der Waals surface area (Å²) in [7, 11) is 1.60. The summed E-state index contributed by atoms with van der Waals surface area (Å²) in [6.07, 6.45) is 0. The van der Waals surface area contributed by atoms with Crippen LogP contribution in [0.15, 0.2) is 48.5 Å². The highest BCUT2D eigenvalue weighted by atomic mass is 16.6. The summed E-state index contributed by atoms with van der Waals surface area (Å²) in [5.74, 6) is 0.529. The third-order valence-electron chi connectivity index (χ3n) is 4.61. The van der Waals surface area contributed by atoms with E-state index in [0.717, 1.165) is 16.9 Å². The smallest absolute Gasteiger partial charge is 0.269 e. The number of β-lactam (4-membered cyclic amide) rings is 1. The monoisotopic (exact) mass is 340 g/mol. The van der Waals surface area contributed by atoms with Gasteiger partial charge in [-0.2, -0.15) is 0 Å². The van der Waals surface area contributed by atoms with Crippen LogP contribution in [0.4, 0.5) is 5.69 Å². The first-order valence-electron chi connectivity index (χ1n) is 8.14. The number of carbonyl (C=O) groups is 1. The molecule has 0 radical (unpaired) electrons. The first-order valence-corrected chi connectivity index (χ1v) is 8.14. The number of carbonyl (C=O) groups excluding carboxylic acids is 1. The normalized spacial score (nSPS) is 19.7. The van der Waals surface area contributed by atoms with Gasteiger partial charge in [-0.3, -0.25) is 14.9 Å². The number of nitro benzene ring substituents is 1. The van der Waals surface area contributed by atoms with Crippen LogP contribution in [0.5, 0.6) is 5.75 Å². The third-order valence-corrected chi connectivity index (χ3v) is 4.61. The molecule has 0 N–H and O–H groups in total. The molecular formula is C19H20N2O4. The van der Waals surface area contributed by atoms with Crippen LogP contribution in [0.3, 0.4) is 0 Å². The van der Waals surface area contributed by atoms with Crippen molar-refractivity contribution in [3.8, 4) is 5.75 Å². The zero-order valence-electron chi connectivity index (χ0n) is 14.4. The van der Waals surface area contributed by atoms with E-state index in [1.54, 1.807) is 19.2 Å². The average Bonchev–Trinajstić information content (AvgIpc) is 2.60. The van der Waals surface area contributed by atoms with Crippen molar-refractivity contribution in [2.75, 3.05) is 7.11 Å². The number of nitrogens with zero attached hydrogens (tertiary/aromatic N) is 2. The molecule has 3 rings (SSSR count). The predicted octanol–water partition coefficient (Wildman–Crippen LogP) is 3.68. The van der Waals surface area contributed by atoms with E-state index in [-0.39, 0.29) is 29.6 Å². The number of hydrogen-bond donors (Lipinski definition) is 0. The number of ether oxygens (including phenoxy) is 1. The lowest BCUT2D eigenvalue weighted by Gasteiger charge is -2.50. The second kappa shape index (κ2) is 6.55. The van der Waals surface area contributed by atoms with Gasteiger partial charge in [-0.1, -0.05) is 24.3 Å². The van der Waals surface area contributed by atoms with E-state index in [0.29, 0.717) is 0 Å². The number of benzene rings is 2. The highest BCUT2D eigenvalue weighted by molar-refractivity contribution is 5.92. The van der Waals surface area contributed by atoms with Crippen molar-refractivity contribution >= 4 is 11.6 Å². The summed E-state index contributed by atoms with van der Waals surface area (Å²) in [5, 5.41) is 10.9. The van der Waals surface area contributed by atoms with Crippen molar-refractivity contribution in [3.63, 3.8) is 0 Å². The Bertz CT molecular complexity index is 784. The van der Waals surface area contributed by atoms with Gasteiger partial charge in [-0.05, 0) is 37.1 Å². The van der Waals surface area contributed by atoms with Gasteiger partial charge in [0.2, 0.25) is 5.91 Å². The molecule has 1 saturated heterocycles. The van der Waals surface area contributed by atoms with E-state index in [4.69, 9.17) is 4.74 Å². The Balaban J connectivity index is 1.96. The summed E-state index contributed by atoms with van der Waals surface area (Å²) in [6, 6.07) is 13.9. The van der Waals surface area contributed by atoms with E-state index in [9.17, 15) is 14.9 Å². The standard InChI is InChI=1S/C19H20N2O4/c1-12(2)20-18(14-4-8-15(9-5-14)21(23)24)17(19(20)22)13-6-10-16(25-3)11-7-13/h4-12,17-18H,1-3H3/t17-,18+/m1/s1. The van der Waals surface area contributed by atoms with Gasteiger partial charge < -0.3 is 9.64 Å². The Kier molecular flexibility index (Phi) is 4.44. The van der Waals surface area contributed by atoms with Crippen LogP contribution in [0.25, 0.3) is 0 Å². The van der Waals surface area contributed by atoms with Crippen molar-refractivity contribution in [2.24, 2.45) is 0 Å². The summed E-state index contributed by atoms with van der Waals surface area (Å²) in [6.45, 7) is 3.95. The van der Waals surface area contributed by atoms with Crippen molar-refractivity contribution in [1.29, 1.82) is 0 Å². The van der Waals surface area contributed by atoms with E-state index in [1.807, 2.05) is 43.0 Å². The molecule has 0 spiro atoms. The highest BCUT2D eigenvalue weighted by Crippen LogP contribution is 2.48. The molecule has 1 aliphatic rings. The van der Waals surface area contributed by atoms with E-state index < -0.39 is 4.92 Å². The SMILES string of the molecule is COc1ccc([C@H]2C(=O)N(C(C)C)[C@H]2c2ccc([N+](=O)[O-])cc2)cc1. The number of methoxy groups -OCH3 is 1. The van der Waals surface area contributed by atoms with Crippen molar-refractivity contribution in [2.45, 2.75) is 31.8 Å². The molecule has 2 atom stereocenters. The molecule has 1 heterocycles. The first-order chi connectivity index (χ1) is 11.9. The fourth-order valence-corrected chi connectivity index (χ4v) is 3.37. The van der Waals surface area contributed by atoms with Crippen LogP contribution in [0.2, 0.25) is 0 Å². The number of likely N-dealkylation sites (tertiary alicyclic amines) is 1. The summed E-state index contributed by atoms with van der Waals surface area (Å²) < 4.78 is 5.17. The summed E-state index contributed by atoms with van der Waals surface area (Å²) >= 11 is 0. The maximum Gasteiger partial charge on any atom is 0.269 e. The Morgan fingerprint density at radius 1 is 1.04 bits per heavy atom. The van der Waals surface area contributed by atoms with Crippen LogP contribution < -0.4 is 4.74 Å². The fourth-order valence-electron chi connectivity index (χ4n) is 3.37. The molecule has 0 unspecified atom stereocenters.